The number of aliphatic imine (C=N–C) groups is 1. The highest BCUT2D eigenvalue weighted by Gasteiger charge is 2.34. The van der Waals surface area contributed by atoms with Gasteiger partial charge in [-0.15, -0.1) is 24.0 Å². The summed E-state index contributed by atoms with van der Waals surface area (Å²) in [6, 6.07) is 0.144. The summed E-state index contributed by atoms with van der Waals surface area (Å²) in [5, 5.41) is 6.54. The van der Waals surface area contributed by atoms with Crippen LogP contribution in [0.3, 0.4) is 0 Å². The lowest BCUT2D eigenvalue weighted by atomic mass is 9.94. The number of guanidine groups is 1. The average molecular weight is 507 g/mol. The molecule has 1 aliphatic rings. The number of hydrogen-bond donors (Lipinski definition) is 2. The van der Waals surface area contributed by atoms with E-state index in [2.05, 4.69) is 41.4 Å². The second-order valence-electron chi connectivity index (χ2n) is 8.79. The maximum atomic E-state index is 12.0. The van der Waals surface area contributed by atoms with E-state index < -0.39 is 5.60 Å². The van der Waals surface area contributed by atoms with Crippen LogP contribution in [0.2, 0.25) is 0 Å². The number of halogens is 1. The first-order valence-corrected chi connectivity index (χ1v) is 9.46. The Balaban J connectivity index is 0.00000392. The first kappa shape index (κ1) is 24.5. The summed E-state index contributed by atoms with van der Waals surface area (Å²) in [6.45, 7) is 16.1. The summed E-state index contributed by atoms with van der Waals surface area (Å²) >= 11 is 0. The van der Waals surface area contributed by atoms with Crippen LogP contribution < -0.4 is 10.6 Å². The third-order valence-corrected chi connectivity index (χ3v) is 3.88. The van der Waals surface area contributed by atoms with Gasteiger partial charge < -0.3 is 24.7 Å². The highest BCUT2D eigenvalue weighted by Crippen LogP contribution is 2.22. The Hall–Kier alpha value is -1.52. The standard InChI is InChI=1S/C19H33N5O3.HI/c1-8-20-16(22-10-15-21-9-14(26-15)18(2,3)4)23-13-11-24(12-13)17(25)27-19(5,6)7;/h9,13H,8,10-12H2,1-7H3,(H2,20,22,23);1H. The molecular formula is C19H34IN5O3. The highest BCUT2D eigenvalue weighted by molar-refractivity contribution is 14.0. The van der Waals surface area contributed by atoms with Crippen molar-refractivity contribution in [1.82, 2.24) is 20.5 Å². The van der Waals surface area contributed by atoms with Crippen LogP contribution in [-0.2, 0) is 16.7 Å². The number of amides is 1. The predicted octanol–water partition coefficient (Wildman–Crippen LogP) is 3.26. The Morgan fingerprint density at radius 2 is 1.96 bits per heavy atom. The Bertz CT molecular complexity index is 670. The number of rotatable bonds is 4. The molecule has 0 unspecified atom stereocenters. The minimum absolute atomic E-state index is 0. The summed E-state index contributed by atoms with van der Waals surface area (Å²) in [6.07, 6.45) is 1.48. The van der Waals surface area contributed by atoms with E-state index >= 15 is 0 Å². The molecule has 1 fully saturated rings. The molecule has 2 heterocycles. The number of oxazole rings is 1. The zero-order valence-corrected chi connectivity index (χ0v) is 20.3. The Morgan fingerprint density at radius 1 is 1.32 bits per heavy atom. The summed E-state index contributed by atoms with van der Waals surface area (Å²) in [5.74, 6) is 2.11. The molecule has 0 aliphatic carbocycles. The number of nitrogens with one attached hydrogen (secondary N) is 2. The van der Waals surface area contributed by atoms with Gasteiger partial charge in [-0.05, 0) is 27.7 Å². The third kappa shape index (κ3) is 7.48. The number of nitrogens with zero attached hydrogens (tertiary/aromatic N) is 3. The number of likely N-dealkylation sites (tertiary alicyclic amines) is 1. The van der Waals surface area contributed by atoms with Gasteiger partial charge in [-0.1, -0.05) is 20.8 Å². The zero-order chi connectivity index (χ0) is 20.2. The first-order valence-electron chi connectivity index (χ1n) is 9.46. The lowest BCUT2D eigenvalue weighted by molar-refractivity contribution is 0.00701. The van der Waals surface area contributed by atoms with Gasteiger partial charge >= 0.3 is 6.09 Å². The van der Waals surface area contributed by atoms with E-state index in [4.69, 9.17) is 9.15 Å². The fourth-order valence-electron chi connectivity index (χ4n) is 2.44. The van der Waals surface area contributed by atoms with E-state index in [0.29, 0.717) is 31.5 Å². The van der Waals surface area contributed by atoms with Crippen LogP contribution in [0, 0.1) is 0 Å². The molecule has 0 aromatic carbocycles. The molecule has 1 aromatic heterocycles. The SMILES string of the molecule is CCNC(=NCc1ncc(C(C)(C)C)o1)NC1CN(C(=O)OC(C)(C)C)C1.I. The van der Waals surface area contributed by atoms with Crippen LogP contribution in [0.15, 0.2) is 15.6 Å². The van der Waals surface area contributed by atoms with Gasteiger partial charge in [-0.2, -0.15) is 0 Å². The molecule has 0 saturated carbocycles. The summed E-state index contributed by atoms with van der Waals surface area (Å²) in [7, 11) is 0. The van der Waals surface area contributed by atoms with Crippen LogP contribution in [0.1, 0.15) is 60.1 Å². The first-order chi connectivity index (χ1) is 12.5. The number of aromatic nitrogens is 1. The van der Waals surface area contributed by atoms with E-state index in [1.165, 1.54) is 0 Å². The van der Waals surface area contributed by atoms with E-state index in [0.717, 1.165) is 12.3 Å². The van der Waals surface area contributed by atoms with Gasteiger partial charge in [0.15, 0.2) is 5.96 Å². The minimum Gasteiger partial charge on any atom is -0.444 e. The van der Waals surface area contributed by atoms with Crippen molar-refractivity contribution in [2.45, 2.75) is 72.1 Å². The van der Waals surface area contributed by atoms with Gasteiger partial charge in [0, 0.05) is 25.0 Å². The van der Waals surface area contributed by atoms with Gasteiger partial charge in [0.2, 0.25) is 5.89 Å². The molecule has 0 bridgehead atoms. The molecular weight excluding hydrogens is 473 g/mol. The number of hydrogen-bond acceptors (Lipinski definition) is 5. The van der Waals surface area contributed by atoms with E-state index in [1.54, 1.807) is 11.1 Å². The van der Waals surface area contributed by atoms with E-state index in [1.807, 2.05) is 27.7 Å². The van der Waals surface area contributed by atoms with Crippen LogP contribution in [0.4, 0.5) is 4.79 Å². The maximum Gasteiger partial charge on any atom is 0.410 e. The molecule has 9 heteroatoms. The Labute approximate surface area is 184 Å². The van der Waals surface area contributed by atoms with Gasteiger partial charge in [0.05, 0.1) is 12.2 Å². The fraction of sp³-hybridized carbons (Fsp3) is 0.737. The molecule has 1 aliphatic heterocycles. The van der Waals surface area contributed by atoms with Crippen molar-refractivity contribution in [3.8, 4) is 0 Å². The van der Waals surface area contributed by atoms with Crippen LogP contribution in [0.5, 0.6) is 0 Å². The van der Waals surface area contributed by atoms with Crippen molar-refractivity contribution < 1.29 is 13.9 Å². The fourth-order valence-corrected chi connectivity index (χ4v) is 2.44. The zero-order valence-electron chi connectivity index (χ0n) is 18.0. The van der Waals surface area contributed by atoms with Crippen LogP contribution >= 0.6 is 24.0 Å². The predicted molar refractivity (Wildman–Crippen MR) is 120 cm³/mol. The normalized spacial score (nSPS) is 15.5. The second-order valence-corrected chi connectivity index (χ2v) is 8.79. The highest BCUT2D eigenvalue weighted by atomic mass is 127. The molecule has 1 aromatic rings. The summed E-state index contributed by atoms with van der Waals surface area (Å²) in [4.78, 5) is 22.5. The molecule has 0 radical (unpaired) electrons. The molecule has 160 valence electrons. The average Bonchev–Trinajstić information content (AvgIpc) is 2.94. The molecule has 8 nitrogen and oxygen atoms in total. The van der Waals surface area contributed by atoms with Crippen molar-refractivity contribution in [3.63, 3.8) is 0 Å². The van der Waals surface area contributed by atoms with Crippen molar-refractivity contribution in [2.24, 2.45) is 4.99 Å². The summed E-state index contributed by atoms with van der Waals surface area (Å²) in [5.41, 5.74) is -0.553. The molecule has 0 atom stereocenters. The van der Waals surface area contributed by atoms with E-state index in [9.17, 15) is 4.79 Å². The molecule has 1 saturated heterocycles. The number of ether oxygens (including phenoxy) is 1. The van der Waals surface area contributed by atoms with Gasteiger partial charge in [-0.3, -0.25) is 0 Å². The van der Waals surface area contributed by atoms with Gasteiger partial charge in [0.1, 0.15) is 17.9 Å². The Morgan fingerprint density at radius 3 is 2.46 bits per heavy atom. The lowest BCUT2D eigenvalue weighted by Crippen LogP contribution is -2.63. The smallest absolute Gasteiger partial charge is 0.410 e. The van der Waals surface area contributed by atoms with Crippen LogP contribution in [-0.4, -0.2) is 53.2 Å². The van der Waals surface area contributed by atoms with Gasteiger partial charge in [-0.25, -0.2) is 14.8 Å². The van der Waals surface area contributed by atoms with Crippen molar-refractivity contribution in [1.29, 1.82) is 0 Å². The summed E-state index contributed by atoms with van der Waals surface area (Å²) < 4.78 is 11.1. The molecule has 2 rings (SSSR count). The Kier molecular flexibility index (Phi) is 8.58. The van der Waals surface area contributed by atoms with Crippen molar-refractivity contribution in [3.05, 3.63) is 17.8 Å². The van der Waals surface area contributed by atoms with Gasteiger partial charge in [0.25, 0.3) is 0 Å². The lowest BCUT2D eigenvalue weighted by Gasteiger charge is -2.40. The molecule has 0 spiro atoms. The topological polar surface area (TPSA) is 92.0 Å². The molecule has 28 heavy (non-hydrogen) atoms. The second kappa shape index (κ2) is 9.80. The molecule has 1 amide bonds. The molecule has 2 N–H and O–H groups in total. The third-order valence-electron chi connectivity index (χ3n) is 3.88. The minimum atomic E-state index is -0.478. The number of carbonyl (C=O) groups is 1. The maximum absolute atomic E-state index is 12.0. The quantitative estimate of drug-likeness (QED) is 0.370. The van der Waals surface area contributed by atoms with Crippen molar-refractivity contribution in [2.75, 3.05) is 19.6 Å². The van der Waals surface area contributed by atoms with E-state index in [-0.39, 0.29) is 41.5 Å². The monoisotopic (exact) mass is 507 g/mol. The number of carbonyl (C=O) groups excluding carboxylic acids is 1. The largest absolute Gasteiger partial charge is 0.444 e. The van der Waals surface area contributed by atoms with Crippen molar-refractivity contribution >= 4 is 36.0 Å². The van der Waals surface area contributed by atoms with Crippen LogP contribution in [0.25, 0.3) is 0 Å².